The van der Waals surface area contributed by atoms with Crippen LogP contribution in [-0.2, 0) is 9.59 Å². The van der Waals surface area contributed by atoms with Gasteiger partial charge in [0.2, 0.25) is 11.8 Å². The molecule has 28 heavy (non-hydrogen) atoms. The molecule has 2 aromatic carbocycles. The summed E-state index contributed by atoms with van der Waals surface area (Å²) in [6.07, 6.45) is 2.07. The Morgan fingerprint density at radius 3 is 2.50 bits per heavy atom. The van der Waals surface area contributed by atoms with Crippen molar-refractivity contribution in [2.75, 3.05) is 39.1 Å². The van der Waals surface area contributed by atoms with Gasteiger partial charge in [-0.3, -0.25) is 14.5 Å². The predicted molar refractivity (Wildman–Crippen MR) is 109 cm³/mol. The number of benzene rings is 2. The molecule has 1 aliphatic rings. The van der Waals surface area contributed by atoms with Crippen LogP contribution in [0.1, 0.15) is 24.4 Å². The summed E-state index contributed by atoms with van der Waals surface area (Å²) in [5, 5.41) is 2.88. The van der Waals surface area contributed by atoms with E-state index in [0.717, 1.165) is 31.5 Å². The van der Waals surface area contributed by atoms with Crippen LogP contribution in [-0.4, -0.2) is 55.4 Å². The van der Waals surface area contributed by atoms with Crippen LogP contribution in [0.15, 0.2) is 54.6 Å². The molecule has 1 aliphatic heterocycles. The maximum Gasteiger partial charge on any atom is 0.244 e. The predicted octanol–water partition coefficient (Wildman–Crippen LogP) is 2.93. The monoisotopic (exact) mass is 381 g/mol. The van der Waals surface area contributed by atoms with E-state index in [1.165, 1.54) is 0 Å². The Bertz CT molecular complexity index is 804. The first-order valence-corrected chi connectivity index (χ1v) is 9.56. The van der Waals surface area contributed by atoms with Crippen molar-refractivity contribution < 1.29 is 14.3 Å². The number of hydrogen-bond acceptors (Lipinski definition) is 4. The molecular weight excluding hydrogens is 354 g/mol. The summed E-state index contributed by atoms with van der Waals surface area (Å²) < 4.78 is 5.19. The van der Waals surface area contributed by atoms with Crippen LogP contribution >= 0.6 is 0 Å². The van der Waals surface area contributed by atoms with Gasteiger partial charge in [-0.15, -0.1) is 0 Å². The van der Waals surface area contributed by atoms with Gasteiger partial charge < -0.3 is 15.0 Å². The zero-order valence-corrected chi connectivity index (χ0v) is 16.4. The Morgan fingerprint density at radius 2 is 1.82 bits per heavy atom. The number of likely N-dealkylation sites (tertiary alicyclic amines) is 1. The van der Waals surface area contributed by atoms with Crippen molar-refractivity contribution in [3.05, 3.63) is 60.2 Å². The van der Waals surface area contributed by atoms with Crippen molar-refractivity contribution in [2.45, 2.75) is 18.9 Å². The summed E-state index contributed by atoms with van der Waals surface area (Å²) in [7, 11) is 3.40. The second-order valence-electron chi connectivity index (χ2n) is 7.04. The van der Waals surface area contributed by atoms with Crippen LogP contribution in [0, 0.1) is 0 Å². The van der Waals surface area contributed by atoms with E-state index in [9.17, 15) is 9.59 Å². The van der Waals surface area contributed by atoms with E-state index in [2.05, 4.69) is 5.32 Å². The van der Waals surface area contributed by atoms with Crippen molar-refractivity contribution >= 4 is 17.5 Å². The highest BCUT2D eigenvalue weighted by Crippen LogP contribution is 2.24. The highest BCUT2D eigenvalue weighted by Gasteiger charge is 2.31. The molecular formula is C22H27N3O3. The number of nitrogens with zero attached hydrogens (tertiary/aromatic N) is 2. The number of nitrogens with one attached hydrogen (secondary N) is 1. The lowest BCUT2D eigenvalue weighted by atomic mass is 10.0. The van der Waals surface area contributed by atoms with Gasteiger partial charge in [0.25, 0.3) is 0 Å². The Morgan fingerprint density at radius 1 is 1.11 bits per heavy atom. The Labute approximate surface area is 166 Å². The smallest absolute Gasteiger partial charge is 0.244 e. The highest BCUT2D eigenvalue weighted by molar-refractivity contribution is 5.93. The first kappa shape index (κ1) is 19.9. The second-order valence-corrected chi connectivity index (χ2v) is 7.04. The number of likely N-dealkylation sites (N-methyl/N-ethyl adjacent to an activating group) is 1. The molecule has 1 unspecified atom stereocenters. The molecule has 148 valence electrons. The van der Waals surface area contributed by atoms with Crippen LogP contribution in [0.4, 0.5) is 5.69 Å². The molecule has 0 radical (unpaired) electrons. The van der Waals surface area contributed by atoms with Crippen molar-refractivity contribution in [3.8, 4) is 5.75 Å². The van der Waals surface area contributed by atoms with Crippen LogP contribution < -0.4 is 10.1 Å². The third-order valence-corrected chi connectivity index (χ3v) is 4.95. The number of ether oxygens (including phenoxy) is 1. The van der Waals surface area contributed by atoms with E-state index in [0.29, 0.717) is 11.4 Å². The fourth-order valence-electron chi connectivity index (χ4n) is 3.55. The third-order valence-electron chi connectivity index (χ3n) is 4.95. The summed E-state index contributed by atoms with van der Waals surface area (Å²) in [5.74, 6) is 0.559. The Hall–Kier alpha value is -2.86. The molecule has 6 heteroatoms. The van der Waals surface area contributed by atoms with Crippen molar-refractivity contribution in [1.82, 2.24) is 9.80 Å². The van der Waals surface area contributed by atoms with E-state index in [1.54, 1.807) is 13.2 Å². The van der Waals surface area contributed by atoms with E-state index in [-0.39, 0.29) is 18.4 Å². The van der Waals surface area contributed by atoms with Gasteiger partial charge in [0.1, 0.15) is 11.8 Å². The zero-order chi connectivity index (χ0) is 19.9. The summed E-state index contributed by atoms with van der Waals surface area (Å²) in [6, 6.07) is 16.4. The SMILES string of the molecule is COc1cccc(NC(=O)CN(C)C(C(=O)N2CCCC2)c2ccccc2)c1. The standard InChI is InChI=1S/C22H27N3O3/c1-24(16-20(26)23-18-11-8-12-19(15-18)28-2)21(17-9-4-3-5-10-17)22(27)25-13-6-7-14-25/h3-5,8-12,15,21H,6-7,13-14,16H2,1-2H3,(H,23,26). The van der Waals surface area contributed by atoms with Gasteiger partial charge in [0, 0.05) is 24.8 Å². The molecule has 1 N–H and O–H groups in total. The molecule has 0 aliphatic carbocycles. The summed E-state index contributed by atoms with van der Waals surface area (Å²) >= 11 is 0. The molecule has 0 spiro atoms. The fourth-order valence-corrected chi connectivity index (χ4v) is 3.55. The summed E-state index contributed by atoms with van der Waals surface area (Å²) in [6.45, 7) is 1.67. The molecule has 1 fully saturated rings. The van der Waals surface area contributed by atoms with Crippen LogP contribution in [0.5, 0.6) is 5.75 Å². The second kappa shape index (κ2) is 9.37. The fraction of sp³-hybridized carbons (Fsp3) is 0.364. The van der Waals surface area contributed by atoms with Gasteiger partial charge >= 0.3 is 0 Å². The zero-order valence-electron chi connectivity index (χ0n) is 16.4. The van der Waals surface area contributed by atoms with Crippen molar-refractivity contribution in [1.29, 1.82) is 0 Å². The lowest BCUT2D eigenvalue weighted by Gasteiger charge is -2.30. The number of methoxy groups -OCH3 is 1. The van der Waals surface area contributed by atoms with Gasteiger partial charge in [-0.25, -0.2) is 0 Å². The molecule has 0 bridgehead atoms. The van der Waals surface area contributed by atoms with Crippen LogP contribution in [0.2, 0.25) is 0 Å². The minimum absolute atomic E-state index is 0.0559. The van der Waals surface area contributed by atoms with Crippen molar-refractivity contribution in [3.63, 3.8) is 0 Å². The summed E-state index contributed by atoms with van der Waals surface area (Å²) in [4.78, 5) is 29.4. The maximum atomic E-state index is 13.1. The van der Waals surface area contributed by atoms with Gasteiger partial charge in [-0.1, -0.05) is 36.4 Å². The van der Waals surface area contributed by atoms with Gasteiger partial charge in [-0.05, 0) is 37.6 Å². The minimum Gasteiger partial charge on any atom is -0.497 e. The Kier molecular flexibility index (Phi) is 6.66. The number of carbonyl (C=O) groups is 2. The number of anilines is 1. The van der Waals surface area contributed by atoms with Crippen LogP contribution in [0.25, 0.3) is 0 Å². The summed E-state index contributed by atoms with van der Waals surface area (Å²) in [5.41, 5.74) is 1.57. The molecule has 0 aromatic heterocycles. The van der Waals surface area contributed by atoms with E-state index in [1.807, 2.05) is 65.4 Å². The lowest BCUT2D eigenvalue weighted by molar-refractivity contribution is -0.136. The highest BCUT2D eigenvalue weighted by atomic mass is 16.5. The normalized spacial score (nSPS) is 14.8. The topological polar surface area (TPSA) is 61.9 Å². The molecule has 6 nitrogen and oxygen atoms in total. The van der Waals surface area contributed by atoms with E-state index >= 15 is 0 Å². The Balaban J connectivity index is 1.72. The number of amides is 2. The first-order valence-electron chi connectivity index (χ1n) is 9.56. The maximum absolute atomic E-state index is 13.1. The largest absolute Gasteiger partial charge is 0.497 e. The number of hydrogen-bond donors (Lipinski definition) is 1. The minimum atomic E-state index is -0.477. The van der Waals surface area contributed by atoms with Gasteiger partial charge in [0.15, 0.2) is 0 Å². The third kappa shape index (κ3) is 4.89. The molecule has 1 atom stereocenters. The molecule has 1 saturated heterocycles. The van der Waals surface area contributed by atoms with E-state index in [4.69, 9.17) is 4.74 Å². The number of rotatable bonds is 7. The number of carbonyl (C=O) groups excluding carboxylic acids is 2. The average Bonchev–Trinajstić information content (AvgIpc) is 3.24. The lowest BCUT2D eigenvalue weighted by Crippen LogP contribution is -2.43. The average molecular weight is 381 g/mol. The first-order chi connectivity index (χ1) is 13.6. The molecule has 0 saturated carbocycles. The van der Waals surface area contributed by atoms with E-state index < -0.39 is 6.04 Å². The molecule has 2 amide bonds. The molecule has 1 heterocycles. The van der Waals surface area contributed by atoms with Crippen molar-refractivity contribution in [2.24, 2.45) is 0 Å². The van der Waals surface area contributed by atoms with Gasteiger partial charge in [0.05, 0.1) is 13.7 Å². The van der Waals surface area contributed by atoms with Crippen LogP contribution in [0.3, 0.4) is 0 Å². The van der Waals surface area contributed by atoms with Gasteiger partial charge in [-0.2, -0.15) is 0 Å². The molecule has 3 rings (SSSR count). The quantitative estimate of drug-likeness (QED) is 0.801. The molecule has 2 aromatic rings.